The van der Waals surface area contributed by atoms with Gasteiger partial charge in [-0.05, 0) is 27.7 Å². The molecule has 0 radical (unpaired) electrons. The number of carbonyl (C=O) groups is 2. The van der Waals surface area contributed by atoms with Crippen molar-refractivity contribution in [2.45, 2.75) is 45.6 Å². The number of carboxylic acids is 1. The molecule has 0 aliphatic rings. The van der Waals surface area contributed by atoms with Gasteiger partial charge in [0.2, 0.25) is 11.8 Å². The predicted octanol–water partition coefficient (Wildman–Crippen LogP) is 2.73. The van der Waals surface area contributed by atoms with Crippen LogP contribution in [0.25, 0.3) is 0 Å². The lowest BCUT2D eigenvalue weighted by molar-refractivity contribution is -0.274. The van der Waals surface area contributed by atoms with Crippen molar-refractivity contribution < 1.29 is 41.0 Å². The second-order valence-corrected chi connectivity index (χ2v) is 5.56. The average Bonchev–Trinajstić information content (AvgIpc) is 2.09. The van der Waals surface area contributed by atoms with Crippen molar-refractivity contribution in [1.82, 2.24) is 5.32 Å². The molecule has 1 amide bonds. The van der Waals surface area contributed by atoms with E-state index in [9.17, 15) is 35.9 Å². The summed E-state index contributed by atoms with van der Waals surface area (Å²) in [5.74, 6) is -8.04. The van der Waals surface area contributed by atoms with Crippen LogP contribution >= 0.6 is 0 Å². The third-order valence-corrected chi connectivity index (χ3v) is 3.45. The molecule has 0 aromatic carbocycles. The van der Waals surface area contributed by atoms with Crippen LogP contribution in [0.2, 0.25) is 0 Å². The highest BCUT2D eigenvalue weighted by Crippen LogP contribution is 2.40. The maximum absolute atomic E-state index is 12.4. The van der Waals surface area contributed by atoms with E-state index in [2.05, 4.69) is 0 Å². The van der Waals surface area contributed by atoms with Crippen molar-refractivity contribution in [3.63, 3.8) is 0 Å². The number of hydrogen-bond donors (Lipinski definition) is 2. The number of aliphatic carboxylic acids is 1. The number of halogens is 6. The Hall–Kier alpha value is -1.48. The van der Waals surface area contributed by atoms with Gasteiger partial charge in [-0.2, -0.15) is 26.3 Å². The van der Waals surface area contributed by atoms with Crippen molar-refractivity contribution in [3.05, 3.63) is 0 Å². The second kappa shape index (κ2) is 5.38. The summed E-state index contributed by atoms with van der Waals surface area (Å²) in [6.45, 7) is 4.21. The lowest BCUT2D eigenvalue weighted by atomic mass is 9.74. The lowest BCUT2D eigenvalue weighted by Crippen LogP contribution is -2.60. The molecular formula is C11H15F6NO3. The zero-order chi connectivity index (χ0) is 17.4. The normalized spacial score (nSPS) is 14.2. The molecule has 124 valence electrons. The molecule has 0 aromatic heterocycles. The van der Waals surface area contributed by atoms with Crippen molar-refractivity contribution in [2.24, 2.45) is 11.3 Å². The van der Waals surface area contributed by atoms with Gasteiger partial charge < -0.3 is 10.4 Å². The summed E-state index contributed by atoms with van der Waals surface area (Å²) in [5, 5.41) is 10.5. The SMILES string of the molecule is CC(C)(NC(=O)C(C(F)(F)F)C(F)(F)F)C(C)(C)C(=O)O. The molecule has 0 saturated heterocycles. The van der Waals surface area contributed by atoms with Gasteiger partial charge in [0.1, 0.15) is 0 Å². The van der Waals surface area contributed by atoms with E-state index in [1.165, 1.54) is 5.32 Å². The molecule has 0 atom stereocenters. The fourth-order valence-corrected chi connectivity index (χ4v) is 1.29. The van der Waals surface area contributed by atoms with Crippen molar-refractivity contribution in [3.8, 4) is 0 Å². The lowest BCUT2D eigenvalue weighted by Gasteiger charge is -2.39. The van der Waals surface area contributed by atoms with E-state index in [1.54, 1.807) is 0 Å². The van der Waals surface area contributed by atoms with E-state index in [0.29, 0.717) is 0 Å². The first-order valence-electron chi connectivity index (χ1n) is 5.63. The highest BCUT2D eigenvalue weighted by molar-refractivity contribution is 5.83. The van der Waals surface area contributed by atoms with Gasteiger partial charge in [0, 0.05) is 5.54 Å². The van der Waals surface area contributed by atoms with Gasteiger partial charge in [0.05, 0.1) is 5.41 Å². The summed E-state index contributed by atoms with van der Waals surface area (Å²) in [4.78, 5) is 22.4. The zero-order valence-electron chi connectivity index (χ0n) is 11.6. The third-order valence-electron chi connectivity index (χ3n) is 3.45. The van der Waals surface area contributed by atoms with E-state index >= 15 is 0 Å². The van der Waals surface area contributed by atoms with Crippen LogP contribution in [0, 0.1) is 11.3 Å². The number of alkyl halides is 6. The smallest absolute Gasteiger partial charge is 0.409 e. The van der Waals surface area contributed by atoms with Crippen molar-refractivity contribution in [2.75, 3.05) is 0 Å². The van der Waals surface area contributed by atoms with Crippen LogP contribution in [0.1, 0.15) is 27.7 Å². The maximum Gasteiger partial charge on any atom is 0.409 e. The van der Waals surface area contributed by atoms with Gasteiger partial charge in [-0.3, -0.25) is 9.59 Å². The Morgan fingerprint density at radius 2 is 1.24 bits per heavy atom. The van der Waals surface area contributed by atoms with Crippen LogP contribution in [0.4, 0.5) is 26.3 Å². The first-order valence-corrected chi connectivity index (χ1v) is 5.63. The van der Waals surface area contributed by atoms with E-state index in [0.717, 1.165) is 27.7 Å². The van der Waals surface area contributed by atoms with Crippen LogP contribution < -0.4 is 5.32 Å². The Morgan fingerprint density at radius 3 is 1.48 bits per heavy atom. The van der Waals surface area contributed by atoms with Crippen molar-refractivity contribution >= 4 is 11.9 Å². The molecule has 0 aliphatic heterocycles. The maximum atomic E-state index is 12.4. The molecule has 21 heavy (non-hydrogen) atoms. The minimum absolute atomic E-state index is 1.03. The highest BCUT2D eigenvalue weighted by atomic mass is 19.4. The topological polar surface area (TPSA) is 66.4 Å². The summed E-state index contributed by atoms with van der Waals surface area (Å²) in [5.41, 5.74) is -3.63. The number of nitrogens with one attached hydrogen (secondary N) is 1. The Kier molecular flexibility index (Phi) is 5.00. The van der Waals surface area contributed by atoms with Gasteiger partial charge in [-0.25, -0.2) is 0 Å². The van der Waals surface area contributed by atoms with Gasteiger partial charge in [-0.1, -0.05) is 0 Å². The molecule has 0 saturated carbocycles. The van der Waals surface area contributed by atoms with Crippen LogP contribution in [0.5, 0.6) is 0 Å². The molecule has 0 unspecified atom stereocenters. The number of carboxylic acid groups (broad SMARTS) is 1. The molecule has 10 heteroatoms. The molecule has 0 spiro atoms. The fourth-order valence-electron chi connectivity index (χ4n) is 1.29. The van der Waals surface area contributed by atoms with Gasteiger partial charge in [0.25, 0.3) is 0 Å². The van der Waals surface area contributed by atoms with Gasteiger partial charge in [-0.15, -0.1) is 0 Å². The summed E-state index contributed by atoms with van der Waals surface area (Å²) in [6.07, 6.45) is -11.7. The molecule has 0 aliphatic carbocycles. The fraction of sp³-hybridized carbons (Fsp3) is 0.818. The summed E-state index contributed by atoms with van der Waals surface area (Å²) in [6, 6.07) is 0. The Bertz CT molecular complexity index is 411. The van der Waals surface area contributed by atoms with Crippen molar-refractivity contribution in [1.29, 1.82) is 0 Å². The van der Waals surface area contributed by atoms with E-state index in [-0.39, 0.29) is 0 Å². The Balaban J connectivity index is 5.50. The molecule has 0 fully saturated rings. The minimum Gasteiger partial charge on any atom is -0.481 e. The first kappa shape index (κ1) is 19.5. The molecule has 2 N–H and O–H groups in total. The van der Waals surface area contributed by atoms with E-state index in [1.807, 2.05) is 0 Å². The molecule has 0 rings (SSSR count). The second-order valence-electron chi connectivity index (χ2n) is 5.56. The van der Waals surface area contributed by atoms with Crippen LogP contribution in [-0.4, -0.2) is 34.9 Å². The average molecular weight is 323 g/mol. The largest absolute Gasteiger partial charge is 0.481 e. The summed E-state index contributed by atoms with van der Waals surface area (Å²) >= 11 is 0. The predicted molar refractivity (Wildman–Crippen MR) is 59.2 cm³/mol. The number of hydrogen-bond acceptors (Lipinski definition) is 2. The third kappa shape index (κ3) is 4.24. The zero-order valence-corrected chi connectivity index (χ0v) is 11.6. The molecule has 0 bridgehead atoms. The Labute approximate surface area is 116 Å². The number of rotatable bonds is 4. The monoisotopic (exact) mass is 323 g/mol. The van der Waals surface area contributed by atoms with Gasteiger partial charge in [0.15, 0.2) is 0 Å². The number of amides is 1. The Morgan fingerprint density at radius 1 is 0.905 bits per heavy atom. The minimum atomic E-state index is -5.83. The first-order chi connectivity index (χ1) is 8.94. The molecule has 0 aromatic rings. The van der Waals surface area contributed by atoms with Gasteiger partial charge >= 0.3 is 18.3 Å². The number of carbonyl (C=O) groups excluding carboxylic acids is 1. The summed E-state index contributed by atoms with van der Waals surface area (Å²) in [7, 11) is 0. The van der Waals surface area contributed by atoms with Crippen LogP contribution in [0.3, 0.4) is 0 Å². The highest BCUT2D eigenvalue weighted by Gasteiger charge is 2.62. The molecule has 0 heterocycles. The molecular weight excluding hydrogens is 308 g/mol. The van der Waals surface area contributed by atoms with E-state index in [4.69, 9.17) is 5.11 Å². The van der Waals surface area contributed by atoms with Crippen LogP contribution in [-0.2, 0) is 9.59 Å². The van der Waals surface area contributed by atoms with E-state index < -0.39 is 41.1 Å². The van der Waals surface area contributed by atoms with Crippen LogP contribution in [0.15, 0.2) is 0 Å². The quantitative estimate of drug-likeness (QED) is 0.782. The standard InChI is InChI=1S/C11H15F6NO3/c1-8(2,7(20)21)9(3,4)18-6(19)5(10(12,13)14)11(15,16)17/h5H,1-4H3,(H,18,19)(H,20,21). The summed E-state index contributed by atoms with van der Waals surface area (Å²) < 4.78 is 74.4. The molecule has 4 nitrogen and oxygen atoms in total.